The highest BCUT2D eigenvalue weighted by Crippen LogP contribution is 2.34. The van der Waals surface area contributed by atoms with E-state index in [-0.39, 0.29) is 22.3 Å². The molecule has 1 aliphatic rings. The quantitative estimate of drug-likeness (QED) is 0.493. The van der Waals surface area contributed by atoms with Gasteiger partial charge in [0.25, 0.3) is 0 Å². The van der Waals surface area contributed by atoms with Crippen LogP contribution in [0.3, 0.4) is 0 Å². The number of anilines is 2. The number of aromatic nitrogens is 1. The Balaban J connectivity index is 2.14. The SMILES string of the molecule is CCn1c2cc(N3CCCC3)c(N)cc2c(=O)c2c(O)cc(O)cc21. The van der Waals surface area contributed by atoms with Gasteiger partial charge in [-0.25, -0.2) is 0 Å². The molecule has 1 saturated heterocycles. The second-order valence-electron chi connectivity index (χ2n) is 6.55. The number of fused-ring (bicyclic) bond motifs is 2. The number of hydrogen-bond acceptors (Lipinski definition) is 5. The van der Waals surface area contributed by atoms with Crippen LogP contribution >= 0.6 is 0 Å². The molecule has 1 aliphatic heterocycles. The lowest BCUT2D eigenvalue weighted by atomic mass is 10.1. The van der Waals surface area contributed by atoms with Crippen molar-refractivity contribution in [1.82, 2.24) is 4.57 Å². The highest BCUT2D eigenvalue weighted by molar-refractivity contribution is 6.00. The summed E-state index contributed by atoms with van der Waals surface area (Å²) in [6, 6.07) is 6.38. The molecule has 6 heteroatoms. The number of aromatic hydroxyl groups is 2. The van der Waals surface area contributed by atoms with Gasteiger partial charge in [-0.2, -0.15) is 0 Å². The van der Waals surface area contributed by atoms with Crippen molar-refractivity contribution in [2.45, 2.75) is 26.3 Å². The monoisotopic (exact) mass is 339 g/mol. The molecule has 1 aromatic heterocycles. The van der Waals surface area contributed by atoms with Gasteiger partial charge in [0.1, 0.15) is 11.5 Å². The van der Waals surface area contributed by atoms with Gasteiger partial charge in [-0.1, -0.05) is 0 Å². The zero-order valence-electron chi connectivity index (χ0n) is 14.1. The largest absolute Gasteiger partial charge is 0.508 e. The van der Waals surface area contributed by atoms with E-state index in [0.717, 1.165) is 37.1 Å². The lowest BCUT2D eigenvalue weighted by Crippen LogP contribution is -2.20. The van der Waals surface area contributed by atoms with E-state index in [0.29, 0.717) is 23.1 Å². The van der Waals surface area contributed by atoms with Crippen LogP contribution in [-0.4, -0.2) is 27.9 Å². The minimum atomic E-state index is -0.271. The third-order valence-electron chi connectivity index (χ3n) is 5.04. The molecule has 4 N–H and O–H groups in total. The van der Waals surface area contributed by atoms with Gasteiger partial charge in [0.05, 0.1) is 27.8 Å². The van der Waals surface area contributed by atoms with Crippen LogP contribution < -0.4 is 16.1 Å². The van der Waals surface area contributed by atoms with Crippen LogP contribution in [0, 0.1) is 0 Å². The first-order valence-corrected chi connectivity index (χ1v) is 8.58. The summed E-state index contributed by atoms with van der Waals surface area (Å²) in [6.07, 6.45) is 2.27. The van der Waals surface area contributed by atoms with Crippen LogP contribution in [0.2, 0.25) is 0 Å². The number of phenolic OH excluding ortho intramolecular Hbond substituents is 2. The van der Waals surface area contributed by atoms with Crippen molar-refractivity contribution in [1.29, 1.82) is 0 Å². The Kier molecular flexibility index (Phi) is 3.49. The maximum Gasteiger partial charge on any atom is 0.201 e. The molecule has 25 heavy (non-hydrogen) atoms. The number of nitrogen functional groups attached to an aromatic ring is 1. The molecule has 130 valence electrons. The van der Waals surface area contributed by atoms with Gasteiger partial charge in [0, 0.05) is 37.2 Å². The van der Waals surface area contributed by atoms with Crippen molar-refractivity contribution >= 4 is 33.2 Å². The highest BCUT2D eigenvalue weighted by atomic mass is 16.3. The zero-order valence-corrected chi connectivity index (χ0v) is 14.1. The highest BCUT2D eigenvalue weighted by Gasteiger charge is 2.20. The van der Waals surface area contributed by atoms with E-state index in [4.69, 9.17) is 5.73 Å². The first-order valence-electron chi connectivity index (χ1n) is 8.58. The van der Waals surface area contributed by atoms with Crippen molar-refractivity contribution < 1.29 is 10.2 Å². The summed E-state index contributed by atoms with van der Waals surface area (Å²) in [5.41, 5.74) is 8.77. The van der Waals surface area contributed by atoms with Crippen LogP contribution in [0.15, 0.2) is 29.1 Å². The Morgan fingerprint density at radius 2 is 1.80 bits per heavy atom. The Morgan fingerprint density at radius 1 is 1.08 bits per heavy atom. The predicted octanol–water partition coefficient (Wildman–Crippen LogP) is 2.77. The van der Waals surface area contributed by atoms with Gasteiger partial charge in [-0.05, 0) is 31.9 Å². The van der Waals surface area contributed by atoms with E-state index in [9.17, 15) is 15.0 Å². The number of nitrogens with zero attached hydrogens (tertiary/aromatic N) is 2. The maximum atomic E-state index is 12.9. The van der Waals surface area contributed by atoms with E-state index >= 15 is 0 Å². The average Bonchev–Trinajstić information content (AvgIpc) is 3.09. The molecule has 0 aliphatic carbocycles. The molecule has 4 rings (SSSR count). The van der Waals surface area contributed by atoms with Gasteiger partial charge in [-0.15, -0.1) is 0 Å². The van der Waals surface area contributed by atoms with Gasteiger partial charge in [0.2, 0.25) is 5.43 Å². The fourth-order valence-electron chi connectivity index (χ4n) is 3.88. The van der Waals surface area contributed by atoms with E-state index in [1.54, 1.807) is 6.07 Å². The number of rotatable bonds is 2. The normalized spacial score (nSPS) is 14.7. The standard InChI is InChI=1S/C19H21N3O3/c1-2-22-14-10-15(21-5-3-4-6-21)13(20)9-12(14)19(25)18-16(22)7-11(23)8-17(18)24/h7-10,23-24H,2-6,20H2,1H3. The molecular formula is C19H21N3O3. The summed E-state index contributed by atoms with van der Waals surface area (Å²) >= 11 is 0. The zero-order chi connectivity index (χ0) is 17.7. The third kappa shape index (κ3) is 2.28. The molecule has 0 unspecified atom stereocenters. The Morgan fingerprint density at radius 3 is 2.48 bits per heavy atom. The number of nitrogens with two attached hydrogens (primary N) is 1. The van der Waals surface area contributed by atoms with Gasteiger partial charge >= 0.3 is 0 Å². The third-order valence-corrected chi connectivity index (χ3v) is 5.04. The first-order chi connectivity index (χ1) is 12.0. The molecule has 0 spiro atoms. The molecule has 0 atom stereocenters. The van der Waals surface area contributed by atoms with Crippen molar-refractivity contribution in [3.8, 4) is 11.5 Å². The van der Waals surface area contributed by atoms with Crippen molar-refractivity contribution in [3.05, 3.63) is 34.5 Å². The van der Waals surface area contributed by atoms with Crippen LogP contribution in [0.1, 0.15) is 19.8 Å². The molecule has 3 aromatic rings. The van der Waals surface area contributed by atoms with Gasteiger partial charge in [-0.3, -0.25) is 4.79 Å². The molecule has 1 fully saturated rings. The molecular weight excluding hydrogens is 318 g/mol. The van der Waals surface area contributed by atoms with Gasteiger partial charge in [0.15, 0.2) is 0 Å². The topological polar surface area (TPSA) is 91.7 Å². The Hall–Kier alpha value is -2.89. The fraction of sp³-hybridized carbons (Fsp3) is 0.316. The molecule has 0 radical (unpaired) electrons. The molecule has 0 bridgehead atoms. The minimum absolute atomic E-state index is 0.0684. The predicted molar refractivity (Wildman–Crippen MR) is 101 cm³/mol. The van der Waals surface area contributed by atoms with Crippen molar-refractivity contribution in [2.24, 2.45) is 0 Å². The second kappa shape index (κ2) is 5.58. The average molecular weight is 339 g/mol. The summed E-state index contributed by atoms with van der Waals surface area (Å²) in [7, 11) is 0. The smallest absolute Gasteiger partial charge is 0.201 e. The summed E-state index contributed by atoms with van der Waals surface area (Å²) in [5, 5.41) is 20.7. The van der Waals surface area contributed by atoms with E-state index in [1.807, 2.05) is 17.6 Å². The summed E-state index contributed by atoms with van der Waals surface area (Å²) in [4.78, 5) is 15.2. The summed E-state index contributed by atoms with van der Waals surface area (Å²) in [6.45, 7) is 4.48. The number of hydrogen-bond donors (Lipinski definition) is 3. The molecule has 0 amide bonds. The fourth-order valence-corrected chi connectivity index (χ4v) is 3.88. The van der Waals surface area contributed by atoms with Crippen LogP contribution in [-0.2, 0) is 6.54 Å². The number of phenols is 2. The molecule has 2 aromatic carbocycles. The lowest BCUT2D eigenvalue weighted by molar-refractivity contribution is 0.454. The number of aryl methyl sites for hydroxylation is 1. The van der Waals surface area contributed by atoms with Crippen molar-refractivity contribution in [2.75, 3.05) is 23.7 Å². The molecule has 2 heterocycles. The van der Waals surface area contributed by atoms with Crippen LogP contribution in [0.25, 0.3) is 21.8 Å². The number of benzene rings is 2. The van der Waals surface area contributed by atoms with Gasteiger partial charge < -0.3 is 25.4 Å². The van der Waals surface area contributed by atoms with E-state index in [1.165, 1.54) is 12.1 Å². The second-order valence-corrected chi connectivity index (χ2v) is 6.55. The summed E-state index contributed by atoms with van der Waals surface area (Å²) < 4.78 is 1.94. The Labute approximate surface area is 144 Å². The lowest BCUT2D eigenvalue weighted by Gasteiger charge is -2.22. The first kappa shape index (κ1) is 15.6. The van der Waals surface area contributed by atoms with Crippen molar-refractivity contribution in [3.63, 3.8) is 0 Å². The minimum Gasteiger partial charge on any atom is -0.508 e. The molecule has 0 saturated carbocycles. The van der Waals surface area contributed by atoms with Crippen LogP contribution in [0.4, 0.5) is 11.4 Å². The van der Waals surface area contributed by atoms with E-state index in [2.05, 4.69) is 4.90 Å². The molecule has 6 nitrogen and oxygen atoms in total. The van der Waals surface area contributed by atoms with E-state index < -0.39 is 0 Å². The number of pyridine rings is 1. The Bertz CT molecular complexity index is 1050. The maximum absolute atomic E-state index is 12.9. The summed E-state index contributed by atoms with van der Waals surface area (Å²) in [5.74, 6) is -0.285. The van der Waals surface area contributed by atoms with Crippen LogP contribution in [0.5, 0.6) is 11.5 Å².